The number of nitrogens with one attached hydrogen (secondary N) is 1. The Balaban J connectivity index is 2.41. The van der Waals surface area contributed by atoms with Crippen molar-refractivity contribution < 1.29 is 0 Å². The standard InChI is InChI=1S/C9H18N2S/c1-2-5-11-9(8-10)3-6-12-7-4-9/h2,11H,1,3-8,10H2. The number of hydrogen-bond acceptors (Lipinski definition) is 3. The summed E-state index contributed by atoms with van der Waals surface area (Å²) in [5, 5.41) is 3.48. The molecule has 1 rings (SSSR count). The summed E-state index contributed by atoms with van der Waals surface area (Å²) in [5.41, 5.74) is 5.98. The summed E-state index contributed by atoms with van der Waals surface area (Å²) in [7, 11) is 0. The molecule has 1 fully saturated rings. The Kier molecular flexibility index (Phi) is 4.12. The zero-order chi connectivity index (χ0) is 8.86. The van der Waals surface area contributed by atoms with Crippen molar-refractivity contribution in [2.75, 3.05) is 24.6 Å². The summed E-state index contributed by atoms with van der Waals surface area (Å²) in [6.45, 7) is 5.33. The van der Waals surface area contributed by atoms with Crippen LogP contribution in [0.25, 0.3) is 0 Å². The third-order valence-corrected chi connectivity index (χ3v) is 3.45. The van der Waals surface area contributed by atoms with E-state index in [0.717, 1.165) is 13.1 Å². The number of hydrogen-bond donors (Lipinski definition) is 2. The van der Waals surface area contributed by atoms with E-state index in [1.165, 1.54) is 24.3 Å². The van der Waals surface area contributed by atoms with Gasteiger partial charge in [0.05, 0.1) is 0 Å². The van der Waals surface area contributed by atoms with Crippen LogP contribution in [0.3, 0.4) is 0 Å². The van der Waals surface area contributed by atoms with Crippen molar-refractivity contribution >= 4 is 11.8 Å². The molecule has 1 heterocycles. The predicted molar refractivity (Wildman–Crippen MR) is 56.5 cm³/mol. The largest absolute Gasteiger partial charge is 0.329 e. The molecule has 0 bridgehead atoms. The lowest BCUT2D eigenvalue weighted by atomic mass is 9.92. The average Bonchev–Trinajstić information content (AvgIpc) is 2.16. The van der Waals surface area contributed by atoms with Crippen LogP contribution in [0.15, 0.2) is 12.7 Å². The first kappa shape index (κ1) is 10.1. The maximum absolute atomic E-state index is 5.77. The molecule has 3 N–H and O–H groups in total. The molecular weight excluding hydrogens is 168 g/mol. The molecular formula is C9H18N2S. The van der Waals surface area contributed by atoms with Crippen LogP contribution in [0.1, 0.15) is 12.8 Å². The number of nitrogens with two attached hydrogens (primary N) is 1. The number of thioether (sulfide) groups is 1. The summed E-state index contributed by atoms with van der Waals surface area (Å²) in [4.78, 5) is 0. The summed E-state index contributed by atoms with van der Waals surface area (Å²) in [6, 6.07) is 0. The van der Waals surface area contributed by atoms with Crippen molar-refractivity contribution in [3.63, 3.8) is 0 Å². The quantitative estimate of drug-likeness (QED) is 0.643. The van der Waals surface area contributed by atoms with Gasteiger partial charge in [0.25, 0.3) is 0 Å². The highest BCUT2D eigenvalue weighted by Gasteiger charge is 2.29. The Bertz CT molecular complexity index is 141. The van der Waals surface area contributed by atoms with Gasteiger partial charge in [-0.05, 0) is 24.3 Å². The summed E-state index contributed by atoms with van der Waals surface area (Å²) < 4.78 is 0. The molecule has 0 atom stereocenters. The minimum atomic E-state index is 0.208. The SMILES string of the molecule is C=CCNC1(CN)CCSCC1. The molecule has 0 aliphatic carbocycles. The van der Waals surface area contributed by atoms with Crippen LogP contribution >= 0.6 is 11.8 Å². The van der Waals surface area contributed by atoms with Gasteiger partial charge < -0.3 is 11.1 Å². The average molecular weight is 186 g/mol. The van der Waals surface area contributed by atoms with Crippen LogP contribution in [0.4, 0.5) is 0 Å². The maximum atomic E-state index is 5.77. The van der Waals surface area contributed by atoms with E-state index in [9.17, 15) is 0 Å². The Morgan fingerprint density at radius 1 is 1.50 bits per heavy atom. The fourth-order valence-corrected chi connectivity index (χ4v) is 2.78. The van der Waals surface area contributed by atoms with Gasteiger partial charge in [0.2, 0.25) is 0 Å². The van der Waals surface area contributed by atoms with Crippen LogP contribution in [0.2, 0.25) is 0 Å². The normalized spacial score (nSPS) is 22.1. The monoisotopic (exact) mass is 186 g/mol. The van der Waals surface area contributed by atoms with Gasteiger partial charge in [-0.25, -0.2) is 0 Å². The fraction of sp³-hybridized carbons (Fsp3) is 0.778. The molecule has 70 valence electrons. The van der Waals surface area contributed by atoms with Crippen LogP contribution in [-0.2, 0) is 0 Å². The van der Waals surface area contributed by atoms with Gasteiger partial charge in [-0.1, -0.05) is 6.08 Å². The Morgan fingerprint density at radius 2 is 2.17 bits per heavy atom. The van der Waals surface area contributed by atoms with E-state index in [2.05, 4.69) is 11.9 Å². The first-order chi connectivity index (χ1) is 5.83. The minimum absolute atomic E-state index is 0.208. The second-order valence-electron chi connectivity index (χ2n) is 3.27. The Morgan fingerprint density at radius 3 is 2.67 bits per heavy atom. The lowest BCUT2D eigenvalue weighted by Gasteiger charge is -2.36. The van der Waals surface area contributed by atoms with Crippen LogP contribution in [-0.4, -0.2) is 30.1 Å². The van der Waals surface area contributed by atoms with E-state index >= 15 is 0 Å². The Labute approximate surface area is 79.0 Å². The molecule has 0 amide bonds. The van der Waals surface area contributed by atoms with E-state index in [0.29, 0.717) is 0 Å². The highest BCUT2D eigenvalue weighted by atomic mass is 32.2. The Hall–Kier alpha value is 0.0100. The molecule has 0 aromatic carbocycles. The third kappa shape index (κ3) is 2.51. The number of rotatable bonds is 4. The molecule has 1 aliphatic rings. The first-order valence-electron chi connectivity index (χ1n) is 4.47. The molecule has 12 heavy (non-hydrogen) atoms. The second kappa shape index (κ2) is 4.90. The summed E-state index contributed by atoms with van der Waals surface area (Å²) in [5.74, 6) is 2.47. The van der Waals surface area contributed by atoms with Crippen LogP contribution in [0.5, 0.6) is 0 Å². The molecule has 0 unspecified atom stereocenters. The lowest BCUT2D eigenvalue weighted by Crippen LogP contribution is -2.53. The van der Waals surface area contributed by atoms with Crippen molar-refractivity contribution in [2.45, 2.75) is 18.4 Å². The molecule has 0 aromatic rings. The highest BCUT2D eigenvalue weighted by Crippen LogP contribution is 2.25. The topological polar surface area (TPSA) is 38.0 Å². The van der Waals surface area contributed by atoms with E-state index in [4.69, 9.17) is 5.73 Å². The van der Waals surface area contributed by atoms with E-state index in [-0.39, 0.29) is 5.54 Å². The summed E-state index contributed by atoms with van der Waals surface area (Å²) in [6.07, 6.45) is 4.29. The van der Waals surface area contributed by atoms with Gasteiger partial charge >= 0.3 is 0 Å². The van der Waals surface area contributed by atoms with Crippen molar-refractivity contribution in [3.8, 4) is 0 Å². The lowest BCUT2D eigenvalue weighted by molar-refractivity contribution is 0.322. The zero-order valence-electron chi connectivity index (χ0n) is 7.51. The van der Waals surface area contributed by atoms with Gasteiger partial charge in [0.1, 0.15) is 0 Å². The molecule has 0 spiro atoms. The van der Waals surface area contributed by atoms with Crippen molar-refractivity contribution in [1.82, 2.24) is 5.32 Å². The van der Waals surface area contributed by atoms with Crippen molar-refractivity contribution in [3.05, 3.63) is 12.7 Å². The van der Waals surface area contributed by atoms with E-state index in [1.54, 1.807) is 0 Å². The minimum Gasteiger partial charge on any atom is -0.329 e. The van der Waals surface area contributed by atoms with Crippen LogP contribution < -0.4 is 11.1 Å². The van der Waals surface area contributed by atoms with Gasteiger partial charge in [-0.2, -0.15) is 11.8 Å². The molecule has 1 saturated heterocycles. The predicted octanol–water partition coefficient (Wildman–Crippen LogP) is 0.986. The molecule has 3 heteroatoms. The molecule has 0 saturated carbocycles. The molecule has 0 aromatic heterocycles. The van der Waals surface area contributed by atoms with Gasteiger partial charge in [0.15, 0.2) is 0 Å². The van der Waals surface area contributed by atoms with Gasteiger partial charge in [0, 0.05) is 18.6 Å². The van der Waals surface area contributed by atoms with Gasteiger partial charge in [-0.15, -0.1) is 6.58 Å². The van der Waals surface area contributed by atoms with Gasteiger partial charge in [-0.3, -0.25) is 0 Å². The fourth-order valence-electron chi connectivity index (χ4n) is 1.50. The second-order valence-corrected chi connectivity index (χ2v) is 4.49. The van der Waals surface area contributed by atoms with E-state index < -0.39 is 0 Å². The third-order valence-electron chi connectivity index (χ3n) is 2.46. The van der Waals surface area contributed by atoms with E-state index in [1.807, 2.05) is 17.8 Å². The molecule has 2 nitrogen and oxygen atoms in total. The van der Waals surface area contributed by atoms with Crippen molar-refractivity contribution in [1.29, 1.82) is 0 Å². The molecule has 1 aliphatic heterocycles. The molecule has 0 radical (unpaired) electrons. The smallest absolute Gasteiger partial charge is 0.0322 e. The maximum Gasteiger partial charge on any atom is 0.0322 e. The van der Waals surface area contributed by atoms with Crippen molar-refractivity contribution in [2.24, 2.45) is 5.73 Å². The summed E-state index contributed by atoms with van der Waals surface area (Å²) >= 11 is 2.02. The first-order valence-corrected chi connectivity index (χ1v) is 5.62. The highest BCUT2D eigenvalue weighted by molar-refractivity contribution is 7.99. The van der Waals surface area contributed by atoms with Crippen LogP contribution in [0, 0.1) is 0 Å². The zero-order valence-corrected chi connectivity index (χ0v) is 8.33.